The summed E-state index contributed by atoms with van der Waals surface area (Å²) in [5.74, 6) is 0. The first-order valence-electron chi connectivity index (χ1n) is 16.1. The van der Waals surface area contributed by atoms with Crippen LogP contribution in [0, 0.1) is 52.7 Å². The zero-order chi connectivity index (χ0) is 29.6. The lowest BCUT2D eigenvalue weighted by Crippen LogP contribution is -2.71. The molecule has 0 amide bonds. The highest BCUT2D eigenvalue weighted by Crippen LogP contribution is 2.85. The van der Waals surface area contributed by atoms with E-state index in [2.05, 4.69) is 52.0 Å². The fourth-order valence-electron chi connectivity index (χ4n) is 15.0. The molecule has 8 aliphatic rings. The van der Waals surface area contributed by atoms with E-state index in [0.717, 1.165) is 0 Å². The molecule has 0 saturated heterocycles. The molecule has 4 unspecified atom stereocenters. The number of hydrogen-bond acceptors (Lipinski definition) is 4. The summed E-state index contributed by atoms with van der Waals surface area (Å²) in [5, 5.41) is 23.0. The Bertz CT molecular complexity index is 1370. The van der Waals surface area contributed by atoms with Crippen molar-refractivity contribution in [2.75, 3.05) is 0 Å². The van der Waals surface area contributed by atoms with Crippen LogP contribution in [-0.2, 0) is 10.8 Å². The first kappa shape index (κ1) is 26.8. The second-order valence-electron chi connectivity index (χ2n) is 18.1. The Morgan fingerprint density at radius 1 is 0.452 bits per heavy atom. The largest absolute Gasteiger partial charge is 0.269 e. The Morgan fingerprint density at radius 2 is 0.738 bits per heavy atom. The molecule has 6 nitrogen and oxygen atoms in total. The van der Waals surface area contributed by atoms with Crippen LogP contribution in [0.4, 0.5) is 11.4 Å². The molecule has 0 heterocycles. The second kappa shape index (κ2) is 7.65. The smallest absolute Gasteiger partial charge is 0.258 e. The van der Waals surface area contributed by atoms with Crippen LogP contribution in [-0.4, -0.2) is 9.85 Å². The fourth-order valence-corrected chi connectivity index (χ4v) is 15.0. The summed E-state index contributed by atoms with van der Waals surface area (Å²) in [4.78, 5) is 22.5. The number of benzene rings is 2. The summed E-state index contributed by atoms with van der Waals surface area (Å²) in [6, 6.07) is 15.3. The zero-order valence-electron chi connectivity index (χ0n) is 25.6. The van der Waals surface area contributed by atoms with Gasteiger partial charge in [0.25, 0.3) is 11.4 Å². The van der Waals surface area contributed by atoms with Gasteiger partial charge in [-0.1, -0.05) is 52.0 Å². The van der Waals surface area contributed by atoms with E-state index in [1.165, 1.54) is 88.2 Å². The molecule has 10 rings (SSSR count). The van der Waals surface area contributed by atoms with E-state index in [1.54, 1.807) is 24.3 Å². The maximum Gasteiger partial charge on any atom is 0.269 e. The SMILES string of the molecule is CC12CC3(C)CC(c4ccc([N+](=O)[O-])cc4)(C1)CC(C14CC5(C)CC(C)(CC(c6ccc([N+](=O)[O-])cc6)(C5)C1)C4)(C2)C3. The maximum absolute atomic E-state index is 11.5. The van der Waals surface area contributed by atoms with Gasteiger partial charge in [-0.05, 0) is 131 Å². The van der Waals surface area contributed by atoms with Crippen LogP contribution in [0.2, 0.25) is 0 Å². The van der Waals surface area contributed by atoms with Crippen molar-refractivity contribution in [3.05, 3.63) is 79.9 Å². The first-order valence-corrected chi connectivity index (χ1v) is 16.1. The van der Waals surface area contributed by atoms with Gasteiger partial charge in [0.05, 0.1) is 9.85 Å². The molecule has 0 aliphatic heterocycles. The normalized spacial score (nSPS) is 48.0. The molecule has 8 aliphatic carbocycles. The topological polar surface area (TPSA) is 86.3 Å². The quantitative estimate of drug-likeness (QED) is 0.265. The predicted octanol–water partition coefficient (Wildman–Crippen LogP) is 9.44. The minimum atomic E-state index is -0.276. The summed E-state index contributed by atoms with van der Waals surface area (Å²) in [7, 11) is 0. The monoisotopic (exact) mass is 568 g/mol. The predicted molar refractivity (Wildman–Crippen MR) is 162 cm³/mol. The van der Waals surface area contributed by atoms with Gasteiger partial charge in [-0.25, -0.2) is 0 Å². The van der Waals surface area contributed by atoms with Gasteiger partial charge in [0.15, 0.2) is 0 Å². The lowest BCUT2D eigenvalue weighted by atomic mass is 9.24. The summed E-state index contributed by atoms with van der Waals surface area (Å²) in [6.45, 7) is 10.3. The van der Waals surface area contributed by atoms with E-state index in [1.807, 2.05) is 0 Å². The van der Waals surface area contributed by atoms with Gasteiger partial charge >= 0.3 is 0 Å². The Labute approximate surface area is 249 Å². The van der Waals surface area contributed by atoms with Crippen molar-refractivity contribution in [1.29, 1.82) is 0 Å². The molecule has 0 spiro atoms. The number of nitrogens with zero attached hydrogens (tertiary/aromatic N) is 2. The summed E-state index contributed by atoms with van der Waals surface area (Å²) >= 11 is 0. The molecule has 8 bridgehead atoms. The molecular formula is C36H44N2O4. The summed E-state index contributed by atoms with van der Waals surface area (Å²) < 4.78 is 0. The Morgan fingerprint density at radius 3 is 1.00 bits per heavy atom. The number of non-ortho nitro benzene ring substituents is 2. The van der Waals surface area contributed by atoms with Crippen LogP contribution in [0.25, 0.3) is 0 Å². The fraction of sp³-hybridized carbons (Fsp3) is 0.667. The molecule has 8 fully saturated rings. The van der Waals surface area contributed by atoms with E-state index in [-0.39, 0.29) is 64.5 Å². The van der Waals surface area contributed by atoms with E-state index >= 15 is 0 Å². The van der Waals surface area contributed by atoms with E-state index in [0.29, 0.717) is 0 Å². The summed E-state index contributed by atoms with van der Waals surface area (Å²) in [6.07, 6.45) is 14.9. The number of nitro benzene ring substituents is 2. The molecule has 0 aromatic heterocycles. The minimum absolute atomic E-state index is 0.0685. The lowest BCUT2D eigenvalue weighted by Gasteiger charge is -2.80. The van der Waals surface area contributed by atoms with Crippen molar-refractivity contribution in [3.63, 3.8) is 0 Å². The number of hydrogen-bond donors (Lipinski definition) is 0. The second-order valence-corrected chi connectivity index (χ2v) is 18.1. The van der Waals surface area contributed by atoms with E-state index in [9.17, 15) is 20.2 Å². The first-order chi connectivity index (χ1) is 19.6. The number of rotatable bonds is 5. The van der Waals surface area contributed by atoms with Crippen LogP contribution in [0.5, 0.6) is 0 Å². The Balaban J connectivity index is 1.27. The van der Waals surface area contributed by atoms with Gasteiger partial charge in [-0.2, -0.15) is 0 Å². The lowest BCUT2D eigenvalue weighted by molar-refractivity contribution is -0.385. The Hall–Kier alpha value is -2.76. The molecule has 6 heteroatoms. The molecule has 4 atom stereocenters. The van der Waals surface area contributed by atoms with Crippen LogP contribution in [0.3, 0.4) is 0 Å². The van der Waals surface area contributed by atoms with Crippen molar-refractivity contribution < 1.29 is 9.85 Å². The molecular weight excluding hydrogens is 524 g/mol. The Kier molecular flexibility index (Phi) is 4.89. The van der Waals surface area contributed by atoms with Crippen molar-refractivity contribution >= 4 is 11.4 Å². The minimum Gasteiger partial charge on any atom is -0.258 e. The van der Waals surface area contributed by atoms with E-state index < -0.39 is 0 Å². The van der Waals surface area contributed by atoms with Gasteiger partial charge in [-0.15, -0.1) is 0 Å². The maximum atomic E-state index is 11.5. The van der Waals surface area contributed by atoms with Gasteiger partial charge in [0, 0.05) is 24.3 Å². The summed E-state index contributed by atoms with van der Waals surface area (Å²) in [5.41, 5.74) is 4.72. The molecule has 2 aromatic rings. The third kappa shape index (κ3) is 3.50. The van der Waals surface area contributed by atoms with Crippen molar-refractivity contribution in [2.24, 2.45) is 32.5 Å². The number of nitro groups is 2. The third-order valence-electron chi connectivity index (χ3n) is 13.7. The molecule has 222 valence electrons. The molecule has 8 saturated carbocycles. The zero-order valence-corrected chi connectivity index (χ0v) is 25.6. The van der Waals surface area contributed by atoms with Crippen molar-refractivity contribution in [3.8, 4) is 0 Å². The average molecular weight is 569 g/mol. The van der Waals surface area contributed by atoms with Gasteiger partial charge < -0.3 is 0 Å². The van der Waals surface area contributed by atoms with Gasteiger partial charge in [0.1, 0.15) is 0 Å². The van der Waals surface area contributed by atoms with Crippen LogP contribution >= 0.6 is 0 Å². The van der Waals surface area contributed by atoms with E-state index in [4.69, 9.17) is 0 Å². The van der Waals surface area contributed by atoms with Gasteiger partial charge in [-0.3, -0.25) is 20.2 Å². The standard InChI is InChI=1S/C36H44N2O4/c1-29-13-30(2)16-33(15-29,25-5-9-27(10-6-25)37(39)40)23-35(19-29,20-30)36-21-31(3)14-32(4,22-36)18-34(17-31,24-36)26-7-11-28(12-8-26)38(41)42/h5-12H,13-24H2,1-4H3. The van der Waals surface area contributed by atoms with Crippen LogP contribution in [0.15, 0.2) is 48.5 Å². The van der Waals surface area contributed by atoms with Crippen LogP contribution < -0.4 is 0 Å². The average Bonchev–Trinajstić information content (AvgIpc) is 2.84. The van der Waals surface area contributed by atoms with Crippen LogP contribution in [0.1, 0.15) is 116 Å². The molecule has 2 aromatic carbocycles. The van der Waals surface area contributed by atoms with Crippen molar-refractivity contribution in [1.82, 2.24) is 0 Å². The third-order valence-corrected chi connectivity index (χ3v) is 13.7. The molecule has 0 N–H and O–H groups in total. The molecule has 42 heavy (non-hydrogen) atoms. The van der Waals surface area contributed by atoms with Crippen molar-refractivity contribution in [2.45, 2.75) is 116 Å². The highest BCUT2D eigenvalue weighted by atomic mass is 16.6. The highest BCUT2D eigenvalue weighted by molar-refractivity contribution is 5.43. The highest BCUT2D eigenvalue weighted by Gasteiger charge is 2.76. The van der Waals surface area contributed by atoms with Gasteiger partial charge in [0.2, 0.25) is 0 Å². The molecule has 0 radical (unpaired) electrons.